The highest BCUT2D eigenvalue weighted by Gasteiger charge is 2.19. The molecule has 0 radical (unpaired) electrons. The Morgan fingerprint density at radius 3 is 2.27 bits per heavy atom. The number of hydrogen-bond donors (Lipinski definition) is 1. The molecule has 1 N–H and O–H groups in total. The molecule has 2 aromatic carbocycles. The monoisotopic (exact) mass is 374 g/mol. The number of rotatable bonds is 5. The number of carbonyl (C=O) groups is 1. The van der Waals surface area contributed by atoms with Gasteiger partial charge in [0.2, 0.25) is 0 Å². The Bertz CT molecular complexity index is 766. The number of benzene rings is 2. The number of amides is 1. The molecule has 26 heavy (non-hydrogen) atoms. The molecule has 1 fully saturated rings. The SMILES string of the molecule is COc1cccc(OC)c1C(=O)Nc1ccc(N2CCCCC2)c(Cl)c1. The molecule has 0 unspecified atom stereocenters. The van der Waals surface area contributed by atoms with Crippen molar-refractivity contribution in [1.29, 1.82) is 0 Å². The second kappa shape index (κ2) is 8.32. The van der Waals surface area contributed by atoms with Gasteiger partial charge in [-0.3, -0.25) is 4.79 Å². The molecule has 1 amide bonds. The van der Waals surface area contributed by atoms with Gasteiger partial charge < -0.3 is 19.7 Å². The molecule has 0 spiro atoms. The fourth-order valence-electron chi connectivity index (χ4n) is 3.24. The number of nitrogens with one attached hydrogen (secondary N) is 1. The van der Waals surface area contributed by atoms with Crippen LogP contribution in [0.15, 0.2) is 36.4 Å². The van der Waals surface area contributed by atoms with E-state index in [1.54, 1.807) is 24.3 Å². The summed E-state index contributed by atoms with van der Waals surface area (Å²) in [5.74, 6) is 0.608. The average molecular weight is 375 g/mol. The highest BCUT2D eigenvalue weighted by Crippen LogP contribution is 2.32. The van der Waals surface area contributed by atoms with E-state index in [-0.39, 0.29) is 5.91 Å². The lowest BCUT2D eigenvalue weighted by Crippen LogP contribution is -2.29. The van der Waals surface area contributed by atoms with Crippen LogP contribution in [0.2, 0.25) is 5.02 Å². The third kappa shape index (κ3) is 3.88. The van der Waals surface area contributed by atoms with Crippen molar-refractivity contribution in [3.8, 4) is 11.5 Å². The molecule has 3 rings (SSSR count). The van der Waals surface area contributed by atoms with Gasteiger partial charge in [-0.25, -0.2) is 0 Å². The summed E-state index contributed by atoms with van der Waals surface area (Å²) in [4.78, 5) is 15.0. The molecule has 0 atom stereocenters. The van der Waals surface area contributed by atoms with Gasteiger partial charge in [0.1, 0.15) is 17.1 Å². The Morgan fingerprint density at radius 2 is 1.69 bits per heavy atom. The van der Waals surface area contributed by atoms with E-state index in [9.17, 15) is 4.79 Å². The normalized spacial score (nSPS) is 14.0. The largest absolute Gasteiger partial charge is 0.496 e. The van der Waals surface area contributed by atoms with E-state index < -0.39 is 0 Å². The van der Waals surface area contributed by atoms with Crippen LogP contribution in [0, 0.1) is 0 Å². The summed E-state index contributed by atoms with van der Waals surface area (Å²) in [5.41, 5.74) is 2.00. The minimum Gasteiger partial charge on any atom is -0.496 e. The smallest absolute Gasteiger partial charge is 0.263 e. The maximum Gasteiger partial charge on any atom is 0.263 e. The Morgan fingerprint density at radius 1 is 1.04 bits per heavy atom. The van der Waals surface area contributed by atoms with E-state index in [4.69, 9.17) is 21.1 Å². The first kappa shape index (κ1) is 18.4. The third-order valence-electron chi connectivity index (χ3n) is 4.56. The fraction of sp³-hybridized carbons (Fsp3) is 0.350. The number of piperidine rings is 1. The highest BCUT2D eigenvalue weighted by molar-refractivity contribution is 6.33. The first-order chi connectivity index (χ1) is 12.6. The van der Waals surface area contributed by atoms with E-state index in [0.29, 0.717) is 27.8 Å². The van der Waals surface area contributed by atoms with Crippen LogP contribution in [0.1, 0.15) is 29.6 Å². The zero-order valence-electron chi connectivity index (χ0n) is 15.0. The molecule has 1 aliphatic rings. The van der Waals surface area contributed by atoms with Gasteiger partial charge in [0.15, 0.2) is 0 Å². The van der Waals surface area contributed by atoms with Gasteiger partial charge in [-0.15, -0.1) is 0 Å². The van der Waals surface area contributed by atoms with Gasteiger partial charge in [0, 0.05) is 18.8 Å². The van der Waals surface area contributed by atoms with Crippen molar-refractivity contribution in [3.05, 3.63) is 47.0 Å². The van der Waals surface area contributed by atoms with Crippen LogP contribution >= 0.6 is 11.6 Å². The predicted octanol–water partition coefficient (Wildman–Crippen LogP) is 4.60. The summed E-state index contributed by atoms with van der Waals surface area (Å²) in [6.07, 6.45) is 3.63. The lowest BCUT2D eigenvalue weighted by Gasteiger charge is -2.29. The highest BCUT2D eigenvalue weighted by atomic mass is 35.5. The van der Waals surface area contributed by atoms with E-state index >= 15 is 0 Å². The van der Waals surface area contributed by atoms with Crippen molar-refractivity contribution in [2.24, 2.45) is 0 Å². The van der Waals surface area contributed by atoms with Gasteiger partial charge in [-0.1, -0.05) is 17.7 Å². The molecule has 0 aliphatic carbocycles. The number of anilines is 2. The van der Waals surface area contributed by atoms with E-state index in [1.165, 1.54) is 33.5 Å². The van der Waals surface area contributed by atoms with Crippen molar-refractivity contribution in [2.45, 2.75) is 19.3 Å². The van der Waals surface area contributed by atoms with Gasteiger partial charge in [-0.05, 0) is 49.6 Å². The van der Waals surface area contributed by atoms with Crippen LogP contribution in [0.5, 0.6) is 11.5 Å². The van der Waals surface area contributed by atoms with E-state index in [0.717, 1.165) is 18.8 Å². The van der Waals surface area contributed by atoms with Crippen LogP contribution in [0.3, 0.4) is 0 Å². The lowest BCUT2D eigenvalue weighted by molar-refractivity contribution is 0.102. The zero-order chi connectivity index (χ0) is 18.5. The van der Waals surface area contributed by atoms with Gasteiger partial charge >= 0.3 is 0 Å². The van der Waals surface area contributed by atoms with Crippen molar-refractivity contribution in [2.75, 3.05) is 37.5 Å². The number of carbonyl (C=O) groups excluding carboxylic acids is 1. The fourth-order valence-corrected chi connectivity index (χ4v) is 3.54. The van der Waals surface area contributed by atoms with Gasteiger partial charge in [0.05, 0.1) is 24.9 Å². The first-order valence-corrected chi connectivity index (χ1v) is 9.08. The number of nitrogens with zero attached hydrogens (tertiary/aromatic N) is 1. The van der Waals surface area contributed by atoms with Gasteiger partial charge in [0.25, 0.3) is 5.91 Å². The molecular formula is C20H23ClN2O3. The Hall–Kier alpha value is -2.40. The second-order valence-electron chi connectivity index (χ2n) is 6.21. The molecule has 0 bridgehead atoms. The summed E-state index contributed by atoms with van der Waals surface area (Å²) in [6, 6.07) is 10.8. The number of hydrogen-bond acceptors (Lipinski definition) is 4. The minimum atomic E-state index is -0.305. The Balaban J connectivity index is 1.81. The number of ether oxygens (including phenoxy) is 2. The predicted molar refractivity (Wildman–Crippen MR) is 105 cm³/mol. The van der Waals surface area contributed by atoms with Crippen molar-refractivity contribution >= 4 is 28.9 Å². The second-order valence-corrected chi connectivity index (χ2v) is 6.61. The molecule has 1 saturated heterocycles. The maximum absolute atomic E-state index is 12.7. The van der Waals surface area contributed by atoms with Crippen molar-refractivity contribution in [1.82, 2.24) is 0 Å². The van der Waals surface area contributed by atoms with Crippen LogP contribution in [-0.4, -0.2) is 33.2 Å². The van der Waals surface area contributed by atoms with Crippen molar-refractivity contribution in [3.63, 3.8) is 0 Å². The summed E-state index contributed by atoms with van der Waals surface area (Å²) < 4.78 is 10.6. The first-order valence-electron chi connectivity index (χ1n) is 8.71. The quantitative estimate of drug-likeness (QED) is 0.830. The van der Waals surface area contributed by atoms with Crippen molar-refractivity contribution < 1.29 is 14.3 Å². The summed E-state index contributed by atoms with van der Waals surface area (Å²) in [5, 5.41) is 3.51. The molecule has 5 nitrogen and oxygen atoms in total. The Kier molecular flexibility index (Phi) is 5.89. The molecule has 0 aromatic heterocycles. The van der Waals surface area contributed by atoms with E-state index in [2.05, 4.69) is 10.2 Å². The molecule has 6 heteroatoms. The maximum atomic E-state index is 12.7. The zero-order valence-corrected chi connectivity index (χ0v) is 15.8. The summed E-state index contributed by atoms with van der Waals surface area (Å²) >= 11 is 6.47. The van der Waals surface area contributed by atoms with Crippen LogP contribution in [-0.2, 0) is 0 Å². The van der Waals surface area contributed by atoms with Crippen LogP contribution < -0.4 is 19.7 Å². The Labute approximate surface area is 158 Å². The topological polar surface area (TPSA) is 50.8 Å². The molecule has 1 aliphatic heterocycles. The average Bonchev–Trinajstić information content (AvgIpc) is 2.68. The lowest BCUT2D eigenvalue weighted by atomic mass is 10.1. The summed E-state index contributed by atoms with van der Waals surface area (Å²) in [7, 11) is 3.05. The minimum absolute atomic E-state index is 0.305. The summed E-state index contributed by atoms with van der Waals surface area (Å²) in [6.45, 7) is 2.04. The molecular weight excluding hydrogens is 352 g/mol. The molecule has 0 saturated carbocycles. The molecule has 2 aromatic rings. The number of methoxy groups -OCH3 is 2. The van der Waals surface area contributed by atoms with Crippen LogP contribution in [0.25, 0.3) is 0 Å². The van der Waals surface area contributed by atoms with Crippen LogP contribution in [0.4, 0.5) is 11.4 Å². The molecule has 138 valence electrons. The standard InChI is InChI=1S/C20H23ClN2O3/c1-25-17-7-6-8-18(26-2)19(17)20(24)22-14-9-10-16(15(21)13-14)23-11-4-3-5-12-23/h6-10,13H,3-5,11-12H2,1-2H3,(H,22,24). The van der Waals surface area contributed by atoms with Gasteiger partial charge in [-0.2, -0.15) is 0 Å². The number of halogens is 1. The third-order valence-corrected chi connectivity index (χ3v) is 4.86. The van der Waals surface area contributed by atoms with E-state index in [1.807, 2.05) is 12.1 Å². The molecule has 1 heterocycles.